The lowest BCUT2D eigenvalue weighted by atomic mass is 10.1. The van der Waals surface area contributed by atoms with Crippen molar-refractivity contribution in [3.05, 3.63) is 48.6 Å². The zero-order valence-corrected chi connectivity index (χ0v) is 9.42. The van der Waals surface area contributed by atoms with E-state index < -0.39 is 0 Å². The number of carbonyl (C=O) groups is 1. The fraction of sp³-hybridized carbons (Fsp3) is 0.308. The monoisotopic (exact) mass is 192 g/mol. The van der Waals surface area contributed by atoms with Gasteiger partial charge in [0, 0.05) is 0 Å². The van der Waals surface area contributed by atoms with Crippen molar-refractivity contribution in [2.45, 2.75) is 27.2 Å². The predicted molar refractivity (Wildman–Crippen MR) is 63.5 cm³/mol. The number of carbonyl (C=O) groups excluding carboxylic acids is 1. The van der Waals surface area contributed by atoms with Crippen LogP contribution in [0.25, 0.3) is 0 Å². The maximum absolute atomic E-state index is 8.81. The van der Waals surface area contributed by atoms with Crippen molar-refractivity contribution in [3.63, 3.8) is 0 Å². The first-order valence-electron chi connectivity index (χ1n) is 4.70. The standard InChI is InChI=1S/C9H12.C2H4O.C2H4/c1-3-9-7-5-4-6-8(9)2;1-2-3;1-2/h4-7H,3H2,1-2H3;2H,1H3;1-2H2. The van der Waals surface area contributed by atoms with Crippen LogP contribution in [0.2, 0.25) is 0 Å². The Labute approximate surface area is 87.5 Å². The topological polar surface area (TPSA) is 17.1 Å². The summed E-state index contributed by atoms with van der Waals surface area (Å²) in [6.45, 7) is 11.8. The molecule has 0 unspecified atom stereocenters. The minimum atomic E-state index is 0.750. The van der Waals surface area contributed by atoms with E-state index in [0.717, 1.165) is 12.7 Å². The van der Waals surface area contributed by atoms with Crippen LogP contribution in [-0.2, 0) is 11.2 Å². The van der Waals surface area contributed by atoms with E-state index in [1.54, 1.807) is 0 Å². The van der Waals surface area contributed by atoms with Crippen LogP contribution in [0.4, 0.5) is 0 Å². The number of hydrogen-bond donors (Lipinski definition) is 0. The van der Waals surface area contributed by atoms with Gasteiger partial charge in [-0.2, -0.15) is 0 Å². The molecule has 0 amide bonds. The second-order valence-electron chi connectivity index (χ2n) is 2.52. The molecule has 0 heterocycles. The molecule has 0 bridgehead atoms. The van der Waals surface area contributed by atoms with Gasteiger partial charge in [-0.1, -0.05) is 31.2 Å². The summed E-state index contributed by atoms with van der Waals surface area (Å²) in [5.74, 6) is 0. The summed E-state index contributed by atoms with van der Waals surface area (Å²) in [5, 5.41) is 0. The fourth-order valence-electron chi connectivity index (χ4n) is 1.01. The molecule has 0 aliphatic carbocycles. The SMILES string of the molecule is C=C.CC=O.CCc1ccccc1C. The molecule has 0 N–H and O–H groups in total. The van der Waals surface area contributed by atoms with Gasteiger partial charge in [0.15, 0.2) is 0 Å². The first-order valence-corrected chi connectivity index (χ1v) is 4.70. The summed E-state index contributed by atoms with van der Waals surface area (Å²) < 4.78 is 0. The quantitative estimate of drug-likeness (QED) is 0.491. The third-order valence-electron chi connectivity index (χ3n) is 1.64. The molecule has 0 aliphatic heterocycles. The van der Waals surface area contributed by atoms with Crippen molar-refractivity contribution in [2.75, 3.05) is 0 Å². The molecule has 1 aromatic carbocycles. The lowest BCUT2D eigenvalue weighted by molar-refractivity contribution is -0.106. The van der Waals surface area contributed by atoms with E-state index in [9.17, 15) is 0 Å². The van der Waals surface area contributed by atoms with E-state index >= 15 is 0 Å². The van der Waals surface area contributed by atoms with Crippen molar-refractivity contribution in [2.24, 2.45) is 0 Å². The van der Waals surface area contributed by atoms with Gasteiger partial charge in [0.25, 0.3) is 0 Å². The van der Waals surface area contributed by atoms with Crippen molar-refractivity contribution < 1.29 is 4.79 Å². The van der Waals surface area contributed by atoms with Crippen LogP contribution in [0.3, 0.4) is 0 Å². The molecule has 0 radical (unpaired) electrons. The Balaban J connectivity index is 0. The Bertz CT molecular complexity index is 241. The number of aldehydes is 1. The largest absolute Gasteiger partial charge is 0.304 e. The Morgan fingerprint density at radius 1 is 1.29 bits per heavy atom. The Kier molecular flexibility index (Phi) is 12.6. The van der Waals surface area contributed by atoms with Gasteiger partial charge in [-0.3, -0.25) is 0 Å². The van der Waals surface area contributed by atoms with E-state index in [0.29, 0.717) is 0 Å². The molecule has 1 aromatic rings. The molecule has 0 spiro atoms. The second kappa shape index (κ2) is 11.6. The highest BCUT2D eigenvalue weighted by Gasteiger charge is 1.89. The second-order valence-corrected chi connectivity index (χ2v) is 2.52. The van der Waals surface area contributed by atoms with Gasteiger partial charge in [0.1, 0.15) is 6.29 Å². The van der Waals surface area contributed by atoms with Gasteiger partial charge in [-0.05, 0) is 31.4 Å². The summed E-state index contributed by atoms with van der Waals surface area (Å²) in [6, 6.07) is 8.49. The number of aryl methyl sites for hydroxylation is 2. The zero-order valence-electron chi connectivity index (χ0n) is 9.42. The van der Waals surface area contributed by atoms with E-state index in [4.69, 9.17) is 4.79 Å². The molecular weight excluding hydrogens is 172 g/mol. The average Bonchev–Trinajstić information content (AvgIpc) is 2.23. The summed E-state index contributed by atoms with van der Waals surface area (Å²) in [4.78, 5) is 8.81. The van der Waals surface area contributed by atoms with E-state index in [2.05, 4.69) is 51.3 Å². The number of rotatable bonds is 1. The average molecular weight is 192 g/mol. The molecule has 0 aliphatic rings. The molecular formula is C13H20O. The van der Waals surface area contributed by atoms with Gasteiger partial charge >= 0.3 is 0 Å². The lowest BCUT2D eigenvalue weighted by Crippen LogP contribution is -1.82. The smallest absolute Gasteiger partial charge is 0.116 e. The van der Waals surface area contributed by atoms with Crippen molar-refractivity contribution in [3.8, 4) is 0 Å². The third-order valence-corrected chi connectivity index (χ3v) is 1.64. The molecule has 78 valence electrons. The highest BCUT2D eigenvalue weighted by atomic mass is 16.1. The van der Waals surface area contributed by atoms with E-state index in [-0.39, 0.29) is 0 Å². The van der Waals surface area contributed by atoms with Crippen LogP contribution in [-0.4, -0.2) is 6.29 Å². The Morgan fingerprint density at radius 2 is 1.71 bits per heavy atom. The van der Waals surface area contributed by atoms with Gasteiger partial charge in [-0.25, -0.2) is 0 Å². The Hall–Kier alpha value is -1.37. The normalized spacial score (nSPS) is 7.36. The molecule has 0 aromatic heterocycles. The van der Waals surface area contributed by atoms with Crippen molar-refractivity contribution in [1.82, 2.24) is 0 Å². The molecule has 1 nitrogen and oxygen atoms in total. The predicted octanol–water partition coefficient (Wildman–Crippen LogP) is 3.56. The third kappa shape index (κ3) is 7.29. The van der Waals surface area contributed by atoms with Crippen LogP contribution in [0.5, 0.6) is 0 Å². The molecule has 0 atom stereocenters. The highest BCUT2D eigenvalue weighted by molar-refractivity contribution is 5.44. The highest BCUT2D eigenvalue weighted by Crippen LogP contribution is 2.06. The summed E-state index contributed by atoms with van der Waals surface area (Å²) in [6.07, 6.45) is 1.90. The van der Waals surface area contributed by atoms with Crippen LogP contribution in [0.15, 0.2) is 37.4 Å². The van der Waals surface area contributed by atoms with Gasteiger partial charge < -0.3 is 4.79 Å². The van der Waals surface area contributed by atoms with Gasteiger partial charge in [-0.15, -0.1) is 13.2 Å². The zero-order chi connectivity index (χ0) is 11.4. The minimum absolute atomic E-state index is 0.750. The van der Waals surface area contributed by atoms with E-state index in [1.165, 1.54) is 18.1 Å². The lowest BCUT2D eigenvalue weighted by Gasteiger charge is -1.98. The molecule has 0 fully saturated rings. The fourth-order valence-corrected chi connectivity index (χ4v) is 1.01. The molecule has 0 saturated carbocycles. The molecule has 14 heavy (non-hydrogen) atoms. The summed E-state index contributed by atoms with van der Waals surface area (Å²) in [7, 11) is 0. The number of hydrogen-bond acceptors (Lipinski definition) is 1. The summed E-state index contributed by atoms with van der Waals surface area (Å²) >= 11 is 0. The first-order chi connectivity index (χ1) is 6.76. The summed E-state index contributed by atoms with van der Waals surface area (Å²) in [5.41, 5.74) is 2.86. The molecule has 0 saturated heterocycles. The maximum atomic E-state index is 8.81. The number of benzene rings is 1. The van der Waals surface area contributed by atoms with Crippen LogP contribution in [0, 0.1) is 6.92 Å². The van der Waals surface area contributed by atoms with Crippen molar-refractivity contribution in [1.29, 1.82) is 0 Å². The van der Waals surface area contributed by atoms with Gasteiger partial charge in [0.2, 0.25) is 0 Å². The minimum Gasteiger partial charge on any atom is -0.304 e. The maximum Gasteiger partial charge on any atom is 0.116 e. The van der Waals surface area contributed by atoms with Crippen LogP contribution in [0.1, 0.15) is 25.0 Å². The van der Waals surface area contributed by atoms with E-state index in [1.807, 2.05) is 0 Å². The van der Waals surface area contributed by atoms with Crippen LogP contribution >= 0.6 is 0 Å². The Morgan fingerprint density at radius 3 is 2.00 bits per heavy atom. The molecule has 1 heteroatoms. The van der Waals surface area contributed by atoms with Gasteiger partial charge in [0.05, 0.1) is 0 Å². The molecule has 1 rings (SSSR count). The first kappa shape index (κ1) is 15.1. The van der Waals surface area contributed by atoms with Crippen molar-refractivity contribution >= 4 is 6.29 Å². The van der Waals surface area contributed by atoms with Crippen LogP contribution < -0.4 is 0 Å².